The van der Waals surface area contributed by atoms with Crippen LogP contribution >= 0.6 is 0 Å². The maximum atomic E-state index is 11.2. The van der Waals surface area contributed by atoms with Crippen LogP contribution in [0.1, 0.15) is 41.5 Å². The lowest BCUT2D eigenvalue weighted by Gasteiger charge is -2.22. The zero-order chi connectivity index (χ0) is 12.8. The van der Waals surface area contributed by atoms with Gasteiger partial charge in [0, 0.05) is 0 Å². The average Bonchev–Trinajstić information content (AvgIpc) is 2.10. The third kappa shape index (κ3) is 9.77. The standard InChI is InChI=1S/C12H24O4/c1-9(2)7-14-11(13)16-10(3)8-15-12(4,5)6/h9-10H,7-8H2,1-6H3. The lowest BCUT2D eigenvalue weighted by Crippen LogP contribution is -2.28. The SMILES string of the molecule is CC(C)COC(=O)OC(C)COC(C)(C)C. The molecule has 1 unspecified atom stereocenters. The largest absolute Gasteiger partial charge is 0.508 e. The quantitative estimate of drug-likeness (QED) is 0.683. The molecule has 0 N–H and O–H groups in total. The fourth-order valence-corrected chi connectivity index (χ4v) is 0.834. The summed E-state index contributed by atoms with van der Waals surface area (Å²) in [6.07, 6.45) is -0.919. The van der Waals surface area contributed by atoms with Crippen LogP contribution in [0.4, 0.5) is 4.79 Å². The fourth-order valence-electron chi connectivity index (χ4n) is 0.834. The van der Waals surface area contributed by atoms with E-state index >= 15 is 0 Å². The maximum Gasteiger partial charge on any atom is 0.508 e. The van der Waals surface area contributed by atoms with Crippen molar-refractivity contribution < 1.29 is 19.0 Å². The summed E-state index contributed by atoms with van der Waals surface area (Å²) in [5.41, 5.74) is -0.223. The van der Waals surface area contributed by atoms with Crippen molar-refractivity contribution in [3.63, 3.8) is 0 Å². The summed E-state index contributed by atoms with van der Waals surface area (Å²) in [6.45, 7) is 12.3. The van der Waals surface area contributed by atoms with E-state index in [2.05, 4.69) is 0 Å². The Balaban J connectivity index is 3.70. The third-order valence-electron chi connectivity index (χ3n) is 1.58. The molecular formula is C12H24O4. The highest BCUT2D eigenvalue weighted by molar-refractivity contribution is 5.60. The van der Waals surface area contributed by atoms with Crippen molar-refractivity contribution in [1.82, 2.24) is 0 Å². The van der Waals surface area contributed by atoms with E-state index < -0.39 is 6.16 Å². The number of rotatable bonds is 5. The molecule has 0 heterocycles. The van der Waals surface area contributed by atoms with Gasteiger partial charge < -0.3 is 14.2 Å². The predicted octanol–water partition coefficient (Wildman–Crippen LogP) is 3.00. The van der Waals surface area contributed by atoms with Crippen molar-refractivity contribution >= 4 is 6.16 Å². The highest BCUT2D eigenvalue weighted by Crippen LogP contribution is 2.08. The molecule has 16 heavy (non-hydrogen) atoms. The van der Waals surface area contributed by atoms with Crippen LogP contribution in [-0.2, 0) is 14.2 Å². The second kappa shape index (κ2) is 6.74. The van der Waals surface area contributed by atoms with Crippen LogP contribution in [0.5, 0.6) is 0 Å². The van der Waals surface area contributed by atoms with Gasteiger partial charge >= 0.3 is 6.16 Å². The molecule has 4 nitrogen and oxygen atoms in total. The Kier molecular flexibility index (Phi) is 6.41. The summed E-state index contributed by atoms with van der Waals surface area (Å²) in [5.74, 6) is 0.314. The van der Waals surface area contributed by atoms with Crippen LogP contribution < -0.4 is 0 Å². The van der Waals surface area contributed by atoms with Gasteiger partial charge in [-0.1, -0.05) is 13.8 Å². The minimum absolute atomic E-state index is 0.223. The first-order valence-corrected chi connectivity index (χ1v) is 5.68. The summed E-state index contributed by atoms with van der Waals surface area (Å²) in [6, 6.07) is 0. The van der Waals surface area contributed by atoms with E-state index in [-0.39, 0.29) is 11.7 Å². The van der Waals surface area contributed by atoms with Crippen LogP contribution in [0.25, 0.3) is 0 Å². The lowest BCUT2D eigenvalue weighted by molar-refractivity contribution is -0.0612. The molecular weight excluding hydrogens is 208 g/mol. The molecule has 0 bridgehead atoms. The van der Waals surface area contributed by atoms with Gasteiger partial charge in [-0.2, -0.15) is 0 Å². The molecule has 0 aromatic heterocycles. The molecule has 0 saturated heterocycles. The van der Waals surface area contributed by atoms with Gasteiger partial charge in [-0.3, -0.25) is 0 Å². The van der Waals surface area contributed by atoms with Gasteiger partial charge in [-0.15, -0.1) is 0 Å². The first-order valence-electron chi connectivity index (χ1n) is 5.68. The third-order valence-corrected chi connectivity index (χ3v) is 1.58. The van der Waals surface area contributed by atoms with E-state index in [4.69, 9.17) is 14.2 Å². The molecule has 0 aliphatic carbocycles. The molecule has 0 saturated carbocycles. The van der Waals surface area contributed by atoms with E-state index in [1.165, 1.54) is 0 Å². The van der Waals surface area contributed by atoms with Gasteiger partial charge in [0.25, 0.3) is 0 Å². The van der Waals surface area contributed by atoms with Gasteiger partial charge in [0.2, 0.25) is 0 Å². The molecule has 96 valence electrons. The number of ether oxygens (including phenoxy) is 3. The van der Waals surface area contributed by atoms with E-state index in [9.17, 15) is 4.79 Å². The Bertz CT molecular complexity index is 206. The van der Waals surface area contributed by atoms with Crippen molar-refractivity contribution in [1.29, 1.82) is 0 Å². The van der Waals surface area contributed by atoms with Crippen molar-refractivity contribution in [2.75, 3.05) is 13.2 Å². The summed E-state index contributed by atoms with van der Waals surface area (Å²) >= 11 is 0. The van der Waals surface area contributed by atoms with E-state index in [0.29, 0.717) is 19.1 Å². The van der Waals surface area contributed by atoms with Crippen molar-refractivity contribution in [2.24, 2.45) is 5.92 Å². The second-order valence-electron chi connectivity index (χ2n) is 5.31. The van der Waals surface area contributed by atoms with Crippen LogP contribution in [0, 0.1) is 5.92 Å². The van der Waals surface area contributed by atoms with Crippen LogP contribution in [-0.4, -0.2) is 31.1 Å². The summed E-state index contributed by atoms with van der Waals surface area (Å²) in [7, 11) is 0. The number of carbonyl (C=O) groups excluding carboxylic acids is 1. The van der Waals surface area contributed by atoms with E-state index in [0.717, 1.165) is 0 Å². The molecule has 0 radical (unpaired) electrons. The van der Waals surface area contributed by atoms with Crippen LogP contribution in [0.2, 0.25) is 0 Å². The zero-order valence-corrected chi connectivity index (χ0v) is 11.2. The van der Waals surface area contributed by atoms with Gasteiger partial charge in [0.05, 0.1) is 18.8 Å². The molecule has 0 amide bonds. The minimum atomic E-state index is -0.626. The second-order valence-corrected chi connectivity index (χ2v) is 5.31. The molecule has 0 aliphatic rings. The minimum Gasteiger partial charge on any atom is -0.434 e. The molecule has 0 spiro atoms. The normalized spacial score (nSPS) is 13.7. The van der Waals surface area contributed by atoms with Crippen molar-refractivity contribution in [3.8, 4) is 0 Å². The lowest BCUT2D eigenvalue weighted by atomic mass is 10.2. The first kappa shape index (κ1) is 15.2. The molecule has 0 aliphatic heterocycles. The van der Waals surface area contributed by atoms with E-state index in [1.54, 1.807) is 6.92 Å². The Labute approximate surface area is 98.3 Å². The van der Waals surface area contributed by atoms with Crippen LogP contribution in [0.15, 0.2) is 0 Å². The van der Waals surface area contributed by atoms with Gasteiger partial charge in [-0.25, -0.2) is 4.79 Å². The smallest absolute Gasteiger partial charge is 0.434 e. The Morgan fingerprint density at radius 1 is 1.12 bits per heavy atom. The predicted molar refractivity (Wildman–Crippen MR) is 62.4 cm³/mol. The molecule has 0 aromatic rings. The summed E-state index contributed by atoms with van der Waals surface area (Å²) < 4.78 is 15.4. The molecule has 1 atom stereocenters. The Hall–Kier alpha value is -0.770. The highest BCUT2D eigenvalue weighted by atomic mass is 16.7. The van der Waals surface area contributed by atoms with Crippen molar-refractivity contribution in [2.45, 2.75) is 53.2 Å². The maximum absolute atomic E-state index is 11.2. The van der Waals surface area contributed by atoms with Crippen LogP contribution in [0.3, 0.4) is 0 Å². The molecule has 4 heteroatoms. The topological polar surface area (TPSA) is 44.8 Å². The number of carbonyl (C=O) groups is 1. The highest BCUT2D eigenvalue weighted by Gasteiger charge is 2.16. The fraction of sp³-hybridized carbons (Fsp3) is 0.917. The van der Waals surface area contributed by atoms with Crippen molar-refractivity contribution in [3.05, 3.63) is 0 Å². The Morgan fingerprint density at radius 3 is 2.12 bits per heavy atom. The summed E-state index contributed by atoms with van der Waals surface area (Å²) in [5, 5.41) is 0. The monoisotopic (exact) mass is 232 g/mol. The average molecular weight is 232 g/mol. The zero-order valence-electron chi connectivity index (χ0n) is 11.2. The number of hydrogen-bond acceptors (Lipinski definition) is 4. The molecule has 0 fully saturated rings. The van der Waals surface area contributed by atoms with Gasteiger partial charge in [-0.05, 0) is 33.6 Å². The van der Waals surface area contributed by atoms with E-state index in [1.807, 2.05) is 34.6 Å². The molecule has 0 rings (SSSR count). The molecule has 0 aromatic carbocycles. The van der Waals surface area contributed by atoms with Gasteiger partial charge in [0.15, 0.2) is 0 Å². The summed E-state index contributed by atoms with van der Waals surface area (Å²) in [4.78, 5) is 11.2. The van der Waals surface area contributed by atoms with Gasteiger partial charge in [0.1, 0.15) is 6.10 Å². The number of hydrogen-bond donors (Lipinski definition) is 0. The first-order chi connectivity index (χ1) is 7.20. The Morgan fingerprint density at radius 2 is 1.69 bits per heavy atom.